The molecule has 2 aliphatic heterocycles. The van der Waals surface area contributed by atoms with Crippen LogP contribution in [0, 0.1) is 16.7 Å². The molecule has 2 aliphatic carbocycles. The number of hydrogen-bond acceptors (Lipinski definition) is 6. The molecule has 2 N–H and O–H groups in total. The highest BCUT2D eigenvalue weighted by molar-refractivity contribution is 5.93. The Morgan fingerprint density at radius 1 is 1.18 bits per heavy atom. The molecule has 4 aliphatic rings. The molecule has 0 bridgehead atoms. The van der Waals surface area contributed by atoms with Crippen molar-refractivity contribution in [3.05, 3.63) is 12.7 Å². The second kappa shape index (κ2) is 5.67. The molecule has 6 heteroatoms. The third-order valence-electron chi connectivity index (χ3n) is 8.37. The van der Waals surface area contributed by atoms with Crippen molar-refractivity contribution in [3.8, 4) is 0 Å². The molecule has 4 rings (SSSR count). The average Bonchev–Trinajstić information content (AvgIpc) is 2.58. The molecule has 6 nitrogen and oxygen atoms in total. The van der Waals surface area contributed by atoms with Gasteiger partial charge in [-0.2, -0.15) is 0 Å². The highest BCUT2D eigenvalue weighted by Gasteiger charge is 2.83. The van der Waals surface area contributed by atoms with Gasteiger partial charge in [-0.1, -0.05) is 26.8 Å². The van der Waals surface area contributed by atoms with Gasteiger partial charge in [-0.15, -0.1) is 6.58 Å². The standard InChI is InChI=1S/C22H34O6/c1-8-19(5)11-13(23)22-20(6)14(26-12(2)27-22)9-10-18(3,4)16(20)15(24)17(25)21(22,7)28-19/h8,12,14-17,24-25H,1,9-11H2,2-7H3/t12-,14-,15-,16-,17-,19-,20-,21+,22-/m0/s1. The van der Waals surface area contributed by atoms with E-state index >= 15 is 0 Å². The number of carbonyl (C=O) groups excluding carboxylic acids is 1. The van der Waals surface area contributed by atoms with Crippen molar-refractivity contribution in [1.82, 2.24) is 0 Å². The number of aliphatic hydroxyl groups is 2. The van der Waals surface area contributed by atoms with Crippen LogP contribution in [-0.2, 0) is 19.0 Å². The SMILES string of the molecule is C=C[C@@]1(C)CC(=O)[C@@]23O[C@@H](C)O[C@H]4CCC(C)(C)[C@H]([C@H](O)[C@H](O)[C@@]2(C)O1)[C@]43C. The molecule has 2 saturated heterocycles. The smallest absolute Gasteiger partial charge is 0.171 e. The zero-order valence-electron chi connectivity index (χ0n) is 17.8. The fourth-order valence-corrected chi connectivity index (χ4v) is 7.30. The minimum absolute atomic E-state index is 0.108. The lowest BCUT2D eigenvalue weighted by Crippen LogP contribution is -2.88. The van der Waals surface area contributed by atoms with Crippen LogP contribution in [0.1, 0.15) is 60.8 Å². The van der Waals surface area contributed by atoms with Crippen molar-refractivity contribution in [2.24, 2.45) is 16.7 Å². The number of ketones is 1. The van der Waals surface area contributed by atoms with Crippen LogP contribution >= 0.6 is 0 Å². The van der Waals surface area contributed by atoms with E-state index in [2.05, 4.69) is 20.4 Å². The van der Waals surface area contributed by atoms with Gasteiger partial charge >= 0.3 is 0 Å². The molecular weight excluding hydrogens is 360 g/mol. The highest BCUT2D eigenvalue weighted by Crippen LogP contribution is 2.69. The summed E-state index contributed by atoms with van der Waals surface area (Å²) in [4.78, 5) is 13.9. The van der Waals surface area contributed by atoms with Gasteiger partial charge in [0.1, 0.15) is 11.7 Å². The van der Waals surface area contributed by atoms with E-state index in [0.717, 1.165) is 12.8 Å². The summed E-state index contributed by atoms with van der Waals surface area (Å²) in [5.74, 6) is -0.491. The Hall–Kier alpha value is -0.790. The van der Waals surface area contributed by atoms with Crippen molar-refractivity contribution >= 4 is 5.78 Å². The highest BCUT2D eigenvalue weighted by atomic mass is 16.7. The third kappa shape index (κ3) is 2.08. The van der Waals surface area contributed by atoms with Crippen molar-refractivity contribution in [3.63, 3.8) is 0 Å². The fourth-order valence-electron chi connectivity index (χ4n) is 7.30. The first-order valence-corrected chi connectivity index (χ1v) is 10.4. The maximum absolute atomic E-state index is 13.9. The van der Waals surface area contributed by atoms with E-state index in [9.17, 15) is 15.0 Å². The Morgan fingerprint density at radius 2 is 1.82 bits per heavy atom. The van der Waals surface area contributed by atoms with Gasteiger partial charge in [-0.3, -0.25) is 4.79 Å². The Morgan fingerprint density at radius 3 is 2.43 bits per heavy atom. The molecule has 9 atom stereocenters. The first-order valence-electron chi connectivity index (χ1n) is 10.4. The molecule has 0 aromatic heterocycles. The van der Waals surface area contributed by atoms with Crippen LogP contribution in [0.2, 0.25) is 0 Å². The van der Waals surface area contributed by atoms with Crippen molar-refractivity contribution in [1.29, 1.82) is 0 Å². The Bertz CT molecular complexity index is 720. The molecule has 2 heterocycles. The molecule has 158 valence electrons. The van der Waals surface area contributed by atoms with Crippen molar-refractivity contribution in [2.75, 3.05) is 0 Å². The van der Waals surface area contributed by atoms with Crippen LogP contribution in [-0.4, -0.2) is 57.4 Å². The maximum Gasteiger partial charge on any atom is 0.171 e. The van der Waals surface area contributed by atoms with Gasteiger partial charge < -0.3 is 24.4 Å². The number of carbonyl (C=O) groups is 1. The first kappa shape index (κ1) is 20.5. The van der Waals surface area contributed by atoms with E-state index in [1.165, 1.54) is 0 Å². The zero-order valence-corrected chi connectivity index (χ0v) is 17.8. The lowest BCUT2D eigenvalue weighted by atomic mass is 9.39. The largest absolute Gasteiger partial charge is 0.390 e. The van der Waals surface area contributed by atoms with Gasteiger partial charge in [0.05, 0.1) is 17.8 Å². The van der Waals surface area contributed by atoms with E-state index in [4.69, 9.17) is 14.2 Å². The number of Topliss-reactive ketones (excluding diaryl/α,β-unsaturated/α-hetero) is 1. The third-order valence-corrected chi connectivity index (χ3v) is 8.37. The zero-order chi connectivity index (χ0) is 20.9. The Balaban J connectivity index is 2.02. The topological polar surface area (TPSA) is 85.2 Å². The van der Waals surface area contributed by atoms with Gasteiger partial charge in [0.15, 0.2) is 17.7 Å². The van der Waals surface area contributed by atoms with Gasteiger partial charge in [-0.05, 0) is 39.0 Å². The van der Waals surface area contributed by atoms with Gasteiger partial charge in [0.2, 0.25) is 0 Å². The summed E-state index contributed by atoms with van der Waals surface area (Å²) in [6.45, 7) is 15.3. The van der Waals surface area contributed by atoms with E-state index in [0.29, 0.717) is 0 Å². The van der Waals surface area contributed by atoms with Crippen molar-refractivity contribution in [2.45, 2.75) is 102 Å². The maximum atomic E-state index is 13.9. The quantitative estimate of drug-likeness (QED) is 0.664. The van der Waals surface area contributed by atoms with Gasteiger partial charge in [0, 0.05) is 17.8 Å². The summed E-state index contributed by atoms with van der Waals surface area (Å²) in [6.07, 6.45) is 0.0808. The summed E-state index contributed by atoms with van der Waals surface area (Å²) in [6, 6.07) is 0. The van der Waals surface area contributed by atoms with E-state index in [1.54, 1.807) is 26.8 Å². The summed E-state index contributed by atoms with van der Waals surface area (Å²) in [5, 5.41) is 22.7. The molecular formula is C22H34O6. The molecule has 0 unspecified atom stereocenters. The lowest BCUT2D eigenvalue weighted by Gasteiger charge is -2.74. The Kier molecular flexibility index (Phi) is 4.15. The van der Waals surface area contributed by atoms with Gasteiger partial charge in [-0.25, -0.2) is 0 Å². The molecule has 28 heavy (non-hydrogen) atoms. The lowest BCUT2D eigenvalue weighted by molar-refractivity contribution is -0.438. The molecule has 1 spiro atoms. The van der Waals surface area contributed by atoms with Crippen LogP contribution in [0.3, 0.4) is 0 Å². The molecule has 4 fully saturated rings. The minimum Gasteiger partial charge on any atom is -0.390 e. The number of aliphatic hydroxyl groups excluding tert-OH is 2. The van der Waals surface area contributed by atoms with Crippen LogP contribution < -0.4 is 0 Å². The van der Waals surface area contributed by atoms with E-state index in [1.807, 2.05) is 6.92 Å². The predicted octanol–water partition coefficient (Wildman–Crippen LogP) is 2.36. The monoisotopic (exact) mass is 394 g/mol. The number of hydrogen-bond donors (Lipinski definition) is 2. The molecule has 0 radical (unpaired) electrons. The molecule has 2 saturated carbocycles. The van der Waals surface area contributed by atoms with Crippen LogP contribution in [0.25, 0.3) is 0 Å². The summed E-state index contributed by atoms with van der Waals surface area (Å²) < 4.78 is 19.0. The summed E-state index contributed by atoms with van der Waals surface area (Å²) >= 11 is 0. The summed E-state index contributed by atoms with van der Waals surface area (Å²) in [7, 11) is 0. The van der Waals surface area contributed by atoms with Crippen LogP contribution in [0.15, 0.2) is 12.7 Å². The fraction of sp³-hybridized carbons (Fsp3) is 0.864. The van der Waals surface area contributed by atoms with E-state index in [-0.39, 0.29) is 29.6 Å². The summed E-state index contributed by atoms with van der Waals surface area (Å²) in [5.41, 5.74) is -4.92. The van der Waals surface area contributed by atoms with Crippen molar-refractivity contribution < 1.29 is 29.2 Å². The normalized spacial score (nSPS) is 57.9. The second-order valence-electron chi connectivity index (χ2n) is 10.5. The number of rotatable bonds is 1. The minimum atomic E-state index is -1.43. The van der Waals surface area contributed by atoms with Crippen LogP contribution in [0.5, 0.6) is 0 Å². The Labute approximate surface area is 167 Å². The second-order valence-corrected chi connectivity index (χ2v) is 10.5. The molecule has 0 amide bonds. The number of ether oxygens (including phenoxy) is 3. The molecule has 0 aromatic carbocycles. The van der Waals surface area contributed by atoms with Gasteiger partial charge in [0.25, 0.3) is 0 Å². The predicted molar refractivity (Wildman–Crippen MR) is 102 cm³/mol. The molecule has 0 aromatic rings. The average molecular weight is 395 g/mol. The van der Waals surface area contributed by atoms with Crippen LogP contribution in [0.4, 0.5) is 0 Å². The van der Waals surface area contributed by atoms with E-state index < -0.39 is 40.7 Å². The first-order chi connectivity index (χ1) is 12.8.